The summed E-state index contributed by atoms with van der Waals surface area (Å²) in [5.74, 6) is 0.387. The van der Waals surface area contributed by atoms with Gasteiger partial charge in [-0.25, -0.2) is 0 Å². The Morgan fingerprint density at radius 2 is 2.08 bits per heavy atom. The van der Waals surface area contributed by atoms with Crippen LogP contribution in [0.5, 0.6) is 0 Å². The van der Waals surface area contributed by atoms with Crippen LogP contribution in [0.4, 0.5) is 11.4 Å². The highest BCUT2D eigenvalue weighted by molar-refractivity contribution is 5.97. The minimum atomic E-state index is -0.0845. The summed E-state index contributed by atoms with van der Waals surface area (Å²) in [6.07, 6.45) is 5.55. The molecule has 6 heteroatoms. The monoisotopic (exact) mass is 351 g/mol. The van der Waals surface area contributed by atoms with Gasteiger partial charge in [-0.15, -0.1) is 12.4 Å². The maximum absolute atomic E-state index is 12.8. The fourth-order valence-electron chi connectivity index (χ4n) is 3.84. The van der Waals surface area contributed by atoms with Crippen molar-refractivity contribution >= 4 is 35.6 Å². The van der Waals surface area contributed by atoms with E-state index >= 15 is 0 Å². The van der Waals surface area contributed by atoms with Crippen molar-refractivity contribution in [3.8, 4) is 0 Å². The number of rotatable bonds is 3. The first-order chi connectivity index (χ1) is 11.1. The minimum absolute atomic E-state index is 0. The van der Waals surface area contributed by atoms with E-state index in [2.05, 4.69) is 5.32 Å². The molecule has 0 saturated heterocycles. The predicted molar refractivity (Wildman–Crippen MR) is 98.6 cm³/mol. The Balaban J connectivity index is 0.00000208. The van der Waals surface area contributed by atoms with Crippen molar-refractivity contribution in [3.63, 3.8) is 0 Å². The van der Waals surface area contributed by atoms with Gasteiger partial charge in [0.05, 0.1) is 0 Å². The number of nitrogens with two attached hydrogens (primary N) is 1. The molecule has 1 aliphatic heterocycles. The van der Waals surface area contributed by atoms with E-state index in [-0.39, 0.29) is 30.3 Å². The van der Waals surface area contributed by atoms with Gasteiger partial charge in [0.25, 0.3) is 0 Å². The molecule has 1 aromatic carbocycles. The van der Waals surface area contributed by atoms with Crippen molar-refractivity contribution in [1.82, 2.24) is 0 Å². The van der Waals surface area contributed by atoms with Crippen LogP contribution in [-0.2, 0) is 16.0 Å². The standard InChI is InChI=1S/C18H25N3O2.ClH/c1-12(22)20-16-8-3-9-17-14(16)6-4-10-21(17)18(23)11-13-5-2-7-15(13)19;/h3,8-9,13,15H,2,4-7,10-11,19H2,1H3,(H,20,22);1H/t13-,15+;/m0./s1. The normalized spacial score (nSPS) is 22.5. The molecular weight excluding hydrogens is 326 g/mol. The molecular formula is C18H26ClN3O2. The Bertz CT molecular complexity index is 620. The first-order valence-electron chi connectivity index (χ1n) is 8.51. The summed E-state index contributed by atoms with van der Waals surface area (Å²) < 4.78 is 0. The van der Waals surface area contributed by atoms with Crippen LogP contribution < -0.4 is 16.0 Å². The number of halogens is 1. The molecule has 132 valence electrons. The number of hydrogen-bond donors (Lipinski definition) is 2. The first-order valence-corrected chi connectivity index (χ1v) is 8.51. The van der Waals surface area contributed by atoms with E-state index in [9.17, 15) is 9.59 Å². The molecule has 1 saturated carbocycles. The fourth-order valence-corrected chi connectivity index (χ4v) is 3.84. The van der Waals surface area contributed by atoms with Gasteiger partial charge in [0.15, 0.2) is 0 Å². The van der Waals surface area contributed by atoms with Crippen LogP contribution in [0.2, 0.25) is 0 Å². The van der Waals surface area contributed by atoms with Crippen molar-refractivity contribution < 1.29 is 9.59 Å². The molecule has 3 rings (SSSR count). The summed E-state index contributed by atoms with van der Waals surface area (Å²) in [5, 5.41) is 2.88. The van der Waals surface area contributed by atoms with E-state index in [1.807, 2.05) is 23.1 Å². The molecule has 3 N–H and O–H groups in total. The molecule has 0 bridgehead atoms. The van der Waals surface area contributed by atoms with Crippen molar-refractivity contribution in [2.45, 2.75) is 51.5 Å². The van der Waals surface area contributed by atoms with Gasteiger partial charge in [0, 0.05) is 37.3 Å². The third-order valence-electron chi connectivity index (χ3n) is 5.02. The number of benzene rings is 1. The molecule has 2 aliphatic rings. The maximum atomic E-state index is 12.8. The summed E-state index contributed by atoms with van der Waals surface area (Å²) in [6, 6.07) is 5.94. The average Bonchev–Trinajstić information content (AvgIpc) is 2.91. The van der Waals surface area contributed by atoms with Crippen molar-refractivity contribution in [2.75, 3.05) is 16.8 Å². The molecule has 2 atom stereocenters. The van der Waals surface area contributed by atoms with Gasteiger partial charge in [-0.2, -0.15) is 0 Å². The summed E-state index contributed by atoms with van der Waals surface area (Å²) >= 11 is 0. The van der Waals surface area contributed by atoms with Gasteiger partial charge in [0.2, 0.25) is 11.8 Å². The van der Waals surface area contributed by atoms with Gasteiger partial charge < -0.3 is 16.0 Å². The quantitative estimate of drug-likeness (QED) is 0.879. The predicted octanol–water partition coefficient (Wildman–Crippen LogP) is 2.86. The van der Waals surface area contributed by atoms with E-state index in [0.29, 0.717) is 12.3 Å². The van der Waals surface area contributed by atoms with Gasteiger partial charge in [0.1, 0.15) is 0 Å². The summed E-state index contributed by atoms with van der Waals surface area (Å²) in [7, 11) is 0. The zero-order valence-electron chi connectivity index (χ0n) is 14.1. The topological polar surface area (TPSA) is 75.4 Å². The van der Waals surface area contributed by atoms with Crippen LogP contribution in [0.15, 0.2) is 18.2 Å². The minimum Gasteiger partial charge on any atom is -0.327 e. The molecule has 0 radical (unpaired) electrons. The number of carbonyl (C=O) groups excluding carboxylic acids is 2. The first kappa shape index (κ1) is 18.7. The molecule has 0 aromatic heterocycles. The molecule has 5 nitrogen and oxygen atoms in total. The van der Waals surface area contributed by atoms with Gasteiger partial charge in [-0.1, -0.05) is 12.5 Å². The van der Waals surface area contributed by atoms with Gasteiger partial charge in [-0.05, 0) is 49.3 Å². The highest BCUT2D eigenvalue weighted by Crippen LogP contribution is 2.35. The van der Waals surface area contributed by atoms with E-state index in [0.717, 1.165) is 55.6 Å². The lowest BCUT2D eigenvalue weighted by molar-refractivity contribution is -0.119. The zero-order chi connectivity index (χ0) is 16.4. The second-order valence-corrected chi connectivity index (χ2v) is 6.69. The van der Waals surface area contributed by atoms with E-state index in [4.69, 9.17) is 5.73 Å². The van der Waals surface area contributed by atoms with Crippen LogP contribution in [0.3, 0.4) is 0 Å². The van der Waals surface area contributed by atoms with E-state index < -0.39 is 0 Å². The molecule has 0 unspecified atom stereocenters. The lowest BCUT2D eigenvalue weighted by Crippen LogP contribution is -2.38. The molecule has 1 aromatic rings. The highest BCUT2D eigenvalue weighted by atomic mass is 35.5. The van der Waals surface area contributed by atoms with Crippen LogP contribution in [0.1, 0.15) is 44.6 Å². The highest BCUT2D eigenvalue weighted by Gasteiger charge is 2.30. The number of amides is 2. The Morgan fingerprint density at radius 3 is 2.75 bits per heavy atom. The number of fused-ring (bicyclic) bond motifs is 1. The summed E-state index contributed by atoms with van der Waals surface area (Å²) in [6.45, 7) is 2.25. The SMILES string of the molecule is CC(=O)Nc1cccc2c1CCCN2C(=O)C[C@@H]1CCC[C@H]1N.Cl. The Kier molecular flexibility index (Phi) is 6.24. The van der Waals surface area contributed by atoms with Crippen LogP contribution in [0, 0.1) is 5.92 Å². The molecule has 24 heavy (non-hydrogen) atoms. The molecule has 0 spiro atoms. The lowest BCUT2D eigenvalue weighted by Gasteiger charge is -2.32. The lowest BCUT2D eigenvalue weighted by atomic mass is 9.96. The Morgan fingerprint density at radius 1 is 1.29 bits per heavy atom. The van der Waals surface area contributed by atoms with Gasteiger partial charge >= 0.3 is 0 Å². The number of carbonyl (C=O) groups is 2. The third kappa shape index (κ3) is 3.90. The molecule has 1 heterocycles. The second-order valence-electron chi connectivity index (χ2n) is 6.69. The Hall–Kier alpha value is -1.59. The molecule has 2 amide bonds. The van der Waals surface area contributed by atoms with Crippen LogP contribution in [-0.4, -0.2) is 24.4 Å². The number of hydrogen-bond acceptors (Lipinski definition) is 3. The van der Waals surface area contributed by atoms with Crippen molar-refractivity contribution in [2.24, 2.45) is 11.7 Å². The summed E-state index contributed by atoms with van der Waals surface area (Å²) in [4.78, 5) is 26.0. The van der Waals surface area contributed by atoms with Gasteiger partial charge in [-0.3, -0.25) is 9.59 Å². The number of anilines is 2. The third-order valence-corrected chi connectivity index (χ3v) is 5.02. The van der Waals surface area contributed by atoms with E-state index in [1.54, 1.807) is 0 Å². The van der Waals surface area contributed by atoms with Crippen LogP contribution >= 0.6 is 12.4 Å². The zero-order valence-corrected chi connectivity index (χ0v) is 14.9. The molecule has 1 aliphatic carbocycles. The Labute approximate surface area is 149 Å². The smallest absolute Gasteiger partial charge is 0.227 e. The van der Waals surface area contributed by atoms with Crippen molar-refractivity contribution in [1.29, 1.82) is 0 Å². The maximum Gasteiger partial charge on any atom is 0.227 e. The number of nitrogens with one attached hydrogen (secondary N) is 1. The van der Waals surface area contributed by atoms with Crippen molar-refractivity contribution in [3.05, 3.63) is 23.8 Å². The van der Waals surface area contributed by atoms with E-state index in [1.165, 1.54) is 6.92 Å². The second kappa shape index (κ2) is 7.99. The average molecular weight is 352 g/mol. The number of nitrogens with zero attached hydrogens (tertiary/aromatic N) is 1. The molecule has 1 fully saturated rings. The fraction of sp³-hybridized carbons (Fsp3) is 0.556. The van der Waals surface area contributed by atoms with Crippen LogP contribution in [0.25, 0.3) is 0 Å². The largest absolute Gasteiger partial charge is 0.327 e. The summed E-state index contributed by atoms with van der Waals surface area (Å²) in [5.41, 5.74) is 8.95.